The van der Waals surface area contributed by atoms with Crippen molar-refractivity contribution in [3.05, 3.63) is 144 Å². The number of nitrogens with zero attached hydrogens (tertiary/aromatic N) is 5. The number of ether oxygens (including phenoxy) is 1. The molecule has 0 saturated carbocycles. The molecule has 0 bridgehead atoms. The molecule has 59 heavy (non-hydrogen) atoms. The van der Waals surface area contributed by atoms with Gasteiger partial charge in [0.1, 0.15) is 5.82 Å². The fourth-order valence-electron chi connectivity index (χ4n) is 7.42. The SMILES string of the molecule is [2H]C([2H])([2H])c1ncc(-n2[c-][n+](-c3cc(C(C)(C)C)cc(C(C)(C)C)c3)c3ccccc32)[c-]c1Oc1[c-]c2c(cc1)c1cc(C(C)(C)C)ccc1n2-c1cc(C(C)(C)C)ccn1.[Pt]. The minimum Gasteiger partial charge on any atom is -0.508 e. The first-order valence-electron chi connectivity index (χ1n) is 21.6. The van der Waals surface area contributed by atoms with Gasteiger partial charge in [0, 0.05) is 48.4 Å². The van der Waals surface area contributed by atoms with E-state index in [-0.39, 0.29) is 54.2 Å². The van der Waals surface area contributed by atoms with Gasteiger partial charge in [0.05, 0.1) is 16.7 Å². The summed E-state index contributed by atoms with van der Waals surface area (Å²) in [4.78, 5) is 9.39. The van der Waals surface area contributed by atoms with Crippen LogP contribution in [-0.4, -0.2) is 19.1 Å². The quantitative estimate of drug-likeness (QED) is 0.128. The fraction of sp³-hybridized carbons (Fsp3) is 0.327. The molecule has 0 unspecified atom stereocenters. The predicted molar refractivity (Wildman–Crippen MR) is 237 cm³/mol. The molecule has 4 aromatic heterocycles. The number of para-hydroxylation sites is 2. The van der Waals surface area contributed by atoms with Crippen LogP contribution in [0.5, 0.6) is 11.5 Å². The van der Waals surface area contributed by atoms with Crippen molar-refractivity contribution >= 4 is 32.8 Å². The minimum atomic E-state index is -2.58. The maximum Gasteiger partial charge on any atom is 0.268 e. The first kappa shape index (κ1) is 38.2. The monoisotopic (exact) mass is 963 g/mol. The second-order valence-electron chi connectivity index (χ2n) is 19.6. The van der Waals surface area contributed by atoms with E-state index in [0.717, 1.165) is 49.9 Å². The molecule has 0 aliphatic rings. The van der Waals surface area contributed by atoms with Crippen molar-refractivity contribution in [1.29, 1.82) is 0 Å². The zero-order valence-electron chi connectivity index (χ0n) is 39.2. The number of aryl methyl sites for hydroxylation is 1. The Bertz CT molecular complexity index is 2950. The van der Waals surface area contributed by atoms with E-state index in [1.54, 1.807) is 0 Å². The number of aromatic nitrogens is 5. The number of hydrogen-bond acceptors (Lipinski definition) is 3. The predicted octanol–water partition coefficient (Wildman–Crippen LogP) is 12.5. The topological polar surface area (TPSA) is 48.8 Å². The molecular weight excluding hydrogens is 906 g/mol. The van der Waals surface area contributed by atoms with Crippen LogP contribution in [0.3, 0.4) is 0 Å². The molecule has 4 heterocycles. The Morgan fingerprint density at radius 1 is 0.644 bits per heavy atom. The summed E-state index contributed by atoms with van der Waals surface area (Å²) >= 11 is 0. The van der Waals surface area contributed by atoms with E-state index in [1.807, 2.05) is 41.1 Å². The molecule has 6 nitrogen and oxygen atoms in total. The van der Waals surface area contributed by atoms with Crippen LogP contribution in [0, 0.1) is 25.3 Å². The van der Waals surface area contributed by atoms with Gasteiger partial charge in [-0.1, -0.05) is 144 Å². The third-order valence-electron chi connectivity index (χ3n) is 11.1. The van der Waals surface area contributed by atoms with Gasteiger partial charge >= 0.3 is 0 Å². The smallest absolute Gasteiger partial charge is 0.268 e. The molecule has 306 valence electrons. The van der Waals surface area contributed by atoms with Gasteiger partial charge in [0.25, 0.3) is 6.33 Å². The van der Waals surface area contributed by atoms with Gasteiger partial charge in [-0.15, -0.1) is 23.6 Å². The van der Waals surface area contributed by atoms with Crippen molar-refractivity contribution in [3.63, 3.8) is 0 Å². The van der Waals surface area contributed by atoms with Gasteiger partial charge in [0.2, 0.25) is 0 Å². The van der Waals surface area contributed by atoms with Crippen LogP contribution in [0.25, 0.3) is 50.0 Å². The molecule has 4 aromatic carbocycles. The molecule has 0 spiro atoms. The van der Waals surface area contributed by atoms with Crippen LogP contribution in [0.4, 0.5) is 0 Å². The summed E-state index contributed by atoms with van der Waals surface area (Å²) in [6.07, 6.45) is 6.95. The Morgan fingerprint density at radius 3 is 1.97 bits per heavy atom. The van der Waals surface area contributed by atoms with E-state index in [2.05, 4.69) is 170 Å². The molecule has 0 fully saturated rings. The van der Waals surface area contributed by atoms with E-state index in [9.17, 15) is 0 Å². The summed E-state index contributed by atoms with van der Waals surface area (Å²) < 4.78 is 38.0. The molecule has 0 amide bonds. The van der Waals surface area contributed by atoms with Crippen molar-refractivity contribution in [3.8, 4) is 28.7 Å². The molecule has 0 radical (unpaired) electrons. The normalized spacial score (nSPS) is 13.7. The summed E-state index contributed by atoms with van der Waals surface area (Å²) in [6, 6.07) is 36.2. The van der Waals surface area contributed by atoms with E-state index in [1.165, 1.54) is 22.9 Å². The third kappa shape index (κ3) is 8.01. The Balaban J connectivity index is 0.00000578. The van der Waals surface area contributed by atoms with E-state index in [4.69, 9.17) is 13.8 Å². The molecule has 8 aromatic rings. The number of rotatable bonds is 5. The van der Waals surface area contributed by atoms with Gasteiger partial charge in [0.15, 0.2) is 0 Å². The minimum absolute atomic E-state index is 0. The van der Waals surface area contributed by atoms with Gasteiger partial charge in [-0.2, -0.15) is 6.07 Å². The van der Waals surface area contributed by atoms with Crippen molar-refractivity contribution < 1.29 is 34.5 Å². The van der Waals surface area contributed by atoms with E-state index in [0.29, 0.717) is 11.4 Å². The summed E-state index contributed by atoms with van der Waals surface area (Å²) in [6.45, 7) is 24.0. The van der Waals surface area contributed by atoms with Gasteiger partial charge in [-0.3, -0.25) is 4.57 Å². The Kier molecular flexibility index (Phi) is 9.63. The average Bonchev–Trinajstić information content (AvgIpc) is 3.72. The maximum atomic E-state index is 8.46. The van der Waals surface area contributed by atoms with Crippen molar-refractivity contribution in [2.24, 2.45) is 0 Å². The standard InChI is InChI=1S/C52H55N5O.Pt/c1-33-47(29-39(31-54-33)56-32-55(44-16-14-15-17-45(44)56)38-25-36(51(8,9)10)24-37(26-38)52(11,12)13)58-40-19-20-41-42-27-34(49(2,3)4)18-21-43(42)57(46(41)30-40)48-28-35(22-23-53-48)50(5,6)7;/h14-28,31H,1-13H3;/q-2;/i1D3;. The maximum absolute atomic E-state index is 8.46. The summed E-state index contributed by atoms with van der Waals surface area (Å²) in [5.74, 6) is 1.07. The first-order chi connectivity index (χ1) is 28.4. The van der Waals surface area contributed by atoms with Crippen molar-refractivity contribution in [2.45, 2.75) is 112 Å². The van der Waals surface area contributed by atoms with Crippen LogP contribution in [0.15, 0.2) is 97.3 Å². The molecule has 0 N–H and O–H groups in total. The van der Waals surface area contributed by atoms with E-state index >= 15 is 0 Å². The molecule has 0 atom stereocenters. The molecule has 8 rings (SSSR count). The molecular formula is C52H55N5OPt-2. The second kappa shape index (κ2) is 14.9. The first-order valence-corrected chi connectivity index (χ1v) is 20.1. The van der Waals surface area contributed by atoms with E-state index < -0.39 is 6.85 Å². The van der Waals surface area contributed by atoms with Gasteiger partial charge < -0.3 is 18.9 Å². The van der Waals surface area contributed by atoms with Crippen LogP contribution < -0.4 is 9.30 Å². The van der Waals surface area contributed by atoms with Crippen LogP contribution >= 0.6 is 0 Å². The Labute approximate surface area is 368 Å². The Hall–Kier alpha value is -5.06. The largest absolute Gasteiger partial charge is 0.508 e. The van der Waals surface area contributed by atoms with Crippen LogP contribution in [0.1, 0.15) is 115 Å². The zero-order valence-corrected chi connectivity index (χ0v) is 38.5. The van der Waals surface area contributed by atoms with Gasteiger partial charge in [-0.25, -0.2) is 4.98 Å². The number of pyridine rings is 2. The molecule has 7 heteroatoms. The summed E-state index contributed by atoms with van der Waals surface area (Å²) in [5, 5.41) is 2.05. The second-order valence-corrected chi connectivity index (χ2v) is 19.6. The van der Waals surface area contributed by atoms with Crippen molar-refractivity contribution in [2.75, 3.05) is 0 Å². The summed E-state index contributed by atoms with van der Waals surface area (Å²) in [5.41, 5.74) is 9.26. The number of benzene rings is 4. The number of fused-ring (bicyclic) bond motifs is 4. The third-order valence-corrected chi connectivity index (χ3v) is 11.1. The molecule has 0 aliphatic heterocycles. The molecule has 0 saturated heterocycles. The zero-order chi connectivity index (χ0) is 44.0. The number of imidazole rings is 1. The summed E-state index contributed by atoms with van der Waals surface area (Å²) in [7, 11) is 0. The van der Waals surface area contributed by atoms with Crippen LogP contribution in [0.2, 0.25) is 0 Å². The number of hydrogen-bond donors (Lipinski definition) is 0. The molecule has 0 aliphatic carbocycles. The van der Waals surface area contributed by atoms with Crippen LogP contribution in [-0.2, 0) is 42.7 Å². The fourth-order valence-corrected chi connectivity index (χ4v) is 7.42. The van der Waals surface area contributed by atoms with Crippen molar-refractivity contribution in [1.82, 2.24) is 19.1 Å². The average molecular weight is 964 g/mol. The Morgan fingerprint density at radius 2 is 1.31 bits per heavy atom. The van der Waals surface area contributed by atoms with Gasteiger partial charge in [-0.05, 0) is 91.0 Å².